The Morgan fingerprint density at radius 3 is 3.08 bits per heavy atom. The van der Waals surface area contributed by atoms with Gasteiger partial charge < -0.3 is 10.2 Å². The second kappa shape index (κ2) is 4.88. The molecule has 0 radical (unpaired) electrons. The summed E-state index contributed by atoms with van der Waals surface area (Å²) in [7, 11) is 0. The van der Waals surface area contributed by atoms with Gasteiger partial charge in [-0.3, -0.25) is 4.79 Å². The Morgan fingerprint density at radius 1 is 1.77 bits per heavy atom. The molecule has 1 heterocycles. The van der Waals surface area contributed by atoms with E-state index < -0.39 is 0 Å². The molecule has 0 bridgehead atoms. The summed E-state index contributed by atoms with van der Waals surface area (Å²) in [5.74, 6) is 2.33. The number of nitrogens with zero attached hydrogens (tertiary/aromatic N) is 1. The average molecular weight is 180 g/mol. The quantitative estimate of drug-likeness (QED) is 0.624. The predicted octanol–water partition coefficient (Wildman–Crippen LogP) is 0.0776. The minimum absolute atomic E-state index is 0.296. The molecule has 13 heavy (non-hydrogen) atoms. The second-order valence-electron chi connectivity index (χ2n) is 3.40. The summed E-state index contributed by atoms with van der Waals surface area (Å²) < 4.78 is 0. The molecule has 1 fully saturated rings. The molecule has 1 atom stereocenters. The second-order valence-corrected chi connectivity index (χ2v) is 3.40. The van der Waals surface area contributed by atoms with Crippen molar-refractivity contribution < 1.29 is 4.79 Å². The fourth-order valence-electron chi connectivity index (χ4n) is 1.65. The van der Waals surface area contributed by atoms with Gasteiger partial charge in [-0.05, 0) is 31.3 Å². The summed E-state index contributed by atoms with van der Waals surface area (Å²) in [6.07, 6.45) is 6.10. The van der Waals surface area contributed by atoms with Crippen LogP contribution in [0.4, 0.5) is 0 Å². The molecule has 0 aromatic rings. The predicted molar refractivity (Wildman–Crippen MR) is 52.1 cm³/mol. The summed E-state index contributed by atoms with van der Waals surface area (Å²) in [6, 6.07) is 0. The Labute approximate surface area is 79.5 Å². The molecule has 1 N–H and O–H groups in total. The summed E-state index contributed by atoms with van der Waals surface area (Å²) in [5.41, 5.74) is 0. The molecule has 1 aliphatic heterocycles. The summed E-state index contributed by atoms with van der Waals surface area (Å²) in [5, 5.41) is 2.72. The number of rotatable bonds is 3. The highest BCUT2D eigenvalue weighted by Crippen LogP contribution is 2.14. The van der Waals surface area contributed by atoms with Gasteiger partial charge in [-0.25, -0.2) is 0 Å². The SMILES string of the molecule is C#CC(=O)NCC1CCN(CC)C1. The van der Waals surface area contributed by atoms with Crippen molar-refractivity contribution in [1.29, 1.82) is 0 Å². The first-order valence-corrected chi connectivity index (χ1v) is 4.73. The van der Waals surface area contributed by atoms with Crippen LogP contribution >= 0.6 is 0 Å². The van der Waals surface area contributed by atoms with Crippen LogP contribution < -0.4 is 5.32 Å². The molecule has 1 saturated heterocycles. The van der Waals surface area contributed by atoms with Crippen LogP contribution in [0.2, 0.25) is 0 Å². The number of terminal acetylenes is 1. The van der Waals surface area contributed by atoms with Gasteiger partial charge in [-0.1, -0.05) is 6.92 Å². The van der Waals surface area contributed by atoms with Gasteiger partial charge in [0.1, 0.15) is 0 Å². The van der Waals surface area contributed by atoms with Gasteiger partial charge in [0.25, 0.3) is 5.91 Å². The van der Waals surface area contributed by atoms with Crippen molar-refractivity contribution in [2.45, 2.75) is 13.3 Å². The largest absolute Gasteiger partial charge is 0.345 e. The molecule has 1 unspecified atom stereocenters. The first-order chi connectivity index (χ1) is 6.26. The number of hydrogen-bond acceptors (Lipinski definition) is 2. The zero-order chi connectivity index (χ0) is 9.68. The number of amides is 1. The number of carbonyl (C=O) groups is 1. The molecule has 3 nitrogen and oxygen atoms in total. The summed E-state index contributed by atoms with van der Waals surface area (Å²) >= 11 is 0. The molecule has 0 aliphatic carbocycles. The maximum Gasteiger partial charge on any atom is 0.295 e. The molecule has 3 heteroatoms. The zero-order valence-electron chi connectivity index (χ0n) is 8.05. The highest BCUT2D eigenvalue weighted by atomic mass is 16.1. The highest BCUT2D eigenvalue weighted by molar-refractivity contribution is 5.92. The topological polar surface area (TPSA) is 32.3 Å². The monoisotopic (exact) mass is 180 g/mol. The third-order valence-corrected chi connectivity index (χ3v) is 2.50. The first-order valence-electron chi connectivity index (χ1n) is 4.73. The van der Waals surface area contributed by atoms with E-state index in [4.69, 9.17) is 6.42 Å². The number of carbonyl (C=O) groups excluding carboxylic acids is 1. The van der Waals surface area contributed by atoms with Crippen molar-refractivity contribution in [2.75, 3.05) is 26.2 Å². The summed E-state index contributed by atoms with van der Waals surface area (Å²) in [6.45, 7) is 6.20. The van der Waals surface area contributed by atoms with E-state index in [0.717, 1.165) is 26.2 Å². The van der Waals surface area contributed by atoms with Crippen LogP contribution in [0.25, 0.3) is 0 Å². The van der Waals surface area contributed by atoms with Crippen LogP contribution in [-0.2, 0) is 4.79 Å². The van der Waals surface area contributed by atoms with Gasteiger partial charge in [0.2, 0.25) is 0 Å². The van der Waals surface area contributed by atoms with E-state index in [1.807, 2.05) is 0 Å². The Balaban J connectivity index is 2.18. The van der Waals surface area contributed by atoms with E-state index >= 15 is 0 Å². The van der Waals surface area contributed by atoms with Gasteiger partial charge in [-0.15, -0.1) is 6.42 Å². The van der Waals surface area contributed by atoms with E-state index in [2.05, 4.69) is 23.1 Å². The van der Waals surface area contributed by atoms with Gasteiger partial charge in [0.05, 0.1) is 0 Å². The minimum atomic E-state index is -0.296. The van der Waals surface area contributed by atoms with Crippen molar-refractivity contribution in [3.05, 3.63) is 0 Å². The van der Waals surface area contributed by atoms with Gasteiger partial charge in [-0.2, -0.15) is 0 Å². The Bertz CT molecular complexity index is 219. The van der Waals surface area contributed by atoms with Crippen LogP contribution in [0.15, 0.2) is 0 Å². The molecule has 1 rings (SSSR count). The van der Waals surface area contributed by atoms with Gasteiger partial charge >= 0.3 is 0 Å². The maximum absolute atomic E-state index is 10.8. The number of nitrogens with one attached hydrogen (secondary N) is 1. The standard InChI is InChI=1S/C10H16N2O/c1-3-10(13)11-7-9-5-6-12(4-2)8-9/h1,9H,4-8H2,2H3,(H,11,13). The third-order valence-electron chi connectivity index (χ3n) is 2.50. The lowest BCUT2D eigenvalue weighted by atomic mass is 10.1. The Kier molecular flexibility index (Phi) is 3.78. The molecule has 72 valence electrons. The lowest BCUT2D eigenvalue weighted by molar-refractivity contribution is -0.115. The van der Waals surface area contributed by atoms with Crippen LogP contribution in [0, 0.1) is 18.3 Å². The van der Waals surface area contributed by atoms with E-state index in [1.54, 1.807) is 0 Å². The lowest BCUT2D eigenvalue weighted by Crippen LogP contribution is -2.29. The number of hydrogen-bond donors (Lipinski definition) is 1. The van der Waals surface area contributed by atoms with Crippen LogP contribution in [-0.4, -0.2) is 37.0 Å². The van der Waals surface area contributed by atoms with Gasteiger partial charge in [0, 0.05) is 13.1 Å². The van der Waals surface area contributed by atoms with E-state index in [-0.39, 0.29) is 5.91 Å². The van der Waals surface area contributed by atoms with Crippen LogP contribution in [0.3, 0.4) is 0 Å². The zero-order valence-corrected chi connectivity index (χ0v) is 8.05. The van der Waals surface area contributed by atoms with Crippen molar-refractivity contribution in [3.63, 3.8) is 0 Å². The fourth-order valence-corrected chi connectivity index (χ4v) is 1.65. The molecule has 0 spiro atoms. The van der Waals surface area contributed by atoms with E-state index in [1.165, 1.54) is 6.42 Å². The first kappa shape index (κ1) is 10.1. The van der Waals surface area contributed by atoms with Gasteiger partial charge in [0.15, 0.2) is 0 Å². The smallest absolute Gasteiger partial charge is 0.295 e. The van der Waals surface area contributed by atoms with Crippen molar-refractivity contribution in [2.24, 2.45) is 5.92 Å². The fraction of sp³-hybridized carbons (Fsp3) is 0.700. The van der Waals surface area contributed by atoms with Crippen molar-refractivity contribution >= 4 is 5.91 Å². The minimum Gasteiger partial charge on any atom is -0.345 e. The lowest BCUT2D eigenvalue weighted by Gasteiger charge is -2.12. The third kappa shape index (κ3) is 3.08. The Morgan fingerprint density at radius 2 is 2.54 bits per heavy atom. The van der Waals surface area contributed by atoms with Crippen LogP contribution in [0.1, 0.15) is 13.3 Å². The molecule has 1 aliphatic rings. The molecule has 1 amide bonds. The number of likely N-dealkylation sites (tertiary alicyclic amines) is 1. The molecule has 0 saturated carbocycles. The highest BCUT2D eigenvalue weighted by Gasteiger charge is 2.20. The van der Waals surface area contributed by atoms with Crippen molar-refractivity contribution in [1.82, 2.24) is 10.2 Å². The van der Waals surface area contributed by atoms with Crippen LogP contribution in [0.5, 0.6) is 0 Å². The molecular formula is C10H16N2O. The van der Waals surface area contributed by atoms with Crippen molar-refractivity contribution in [3.8, 4) is 12.3 Å². The molecule has 0 aromatic heterocycles. The molecular weight excluding hydrogens is 164 g/mol. The maximum atomic E-state index is 10.8. The molecule has 0 aromatic carbocycles. The Hall–Kier alpha value is -1.01. The normalized spacial score (nSPS) is 22.6. The van der Waals surface area contributed by atoms with E-state index in [0.29, 0.717) is 5.92 Å². The summed E-state index contributed by atoms with van der Waals surface area (Å²) in [4.78, 5) is 13.1. The average Bonchev–Trinajstić information content (AvgIpc) is 2.61. The van der Waals surface area contributed by atoms with E-state index in [9.17, 15) is 4.79 Å².